The number of nitrogens with one attached hydrogen (secondary N) is 1. The van der Waals surface area contributed by atoms with Gasteiger partial charge < -0.3 is 15.0 Å². The van der Waals surface area contributed by atoms with E-state index in [1.54, 1.807) is 30.3 Å². The minimum atomic E-state index is -0.556. The SMILES string of the molecule is CNCCC1CCN(C(=O)c2ccc(Oc3ccc(Cl)cc3)c(F)c2)CC1.Cl. The summed E-state index contributed by atoms with van der Waals surface area (Å²) in [6.45, 7) is 2.44. The molecule has 3 rings (SSSR count). The first kappa shape index (κ1) is 22.5. The normalized spacial score (nSPS) is 14.5. The molecule has 7 heteroatoms. The molecule has 0 atom stereocenters. The Labute approximate surface area is 176 Å². The van der Waals surface area contributed by atoms with Crippen LogP contribution in [0.1, 0.15) is 29.6 Å². The van der Waals surface area contributed by atoms with Crippen molar-refractivity contribution < 1.29 is 13.9 Å². The van der Waals surface area contributed by atoms with Gasteiger partial charge in [-0.1, -0.05) is 11.6 Å². The van der Waals surface area contributed by atoms with Crippen molar-refractivity contribution in [1.82, 2.24) is 10.2 Å². The predicted molar refractivity (Wildman–Crippen MR) is 112 cm³/mol. The average Bonchev–Trinajstić information content (AvgIpc) is 2.69. The maximum atomic E-state index is 14.4. The van der Waals surface area contributed by atoms with Crippen molar-refractivity contribution in [2.75, 3.05) is 26.7 Å². The number of piperidine rings is 1. The fraction of sp³-hybridized carbons (Fsp3) is 0.381. The molecule has 28 heavy (non-hydrogen) atoms. The quantitative estimate of drug-likeness (QED) is 0.693. The van der Waals surface area contributed by atoms with Crippen molar-refractivity contribution >= 4 is 29.9 Å². The molecule has 1 aliphatic heterocycles. The van der Waals surface area contributed by atoms with E-state index in [-0.39, 0.29) is 24.1 Å². The van der Waals surface area contributed by atoms with E-state index in [1.807, 2.05) is 11.9 Å². The molecule has 1 aliphatic rings. The van der Waals surface area contributed by atoms with Crippen molar-refractivity contribution in [1.29, 1.82) is 0 Å². The molecule has 1 amide bonds. The van der Waals surface area contributed by atoms with Gasteiger partial charge in [0, 0.05) is 23.7 Å². The predicted octanol–water partition coefficient (Wildman–Crippen LogP) is 5.15. The molecule has 4 nitrogen and oxygen atoms in total. The van der Waals surface area contributed by atoms with Crippen LogP contribution >= 0.6 is 24.0 Å². The third-order valence-corrected chi connectivity index (χ3v) is 5.18. The van der Waals surface area contributed by atoms with Gasteiger partial charge in [0.2, 0.25) is 0 Å². The Morgan fingerprint density at radius 2 is 1.89 bits per heavy atom. The van der Waals surface area contributed by atoms with Crippen molar-refractivity contribution in [2.24, 2.45) is 5.92 Å². The first-order valence-electron chi connectivity index (χ1n) is 9.23. The highest BCUT2D eigenvalue weighted by Crippen LogP contribution is 2.27. The number of ether oxygens (including phenoxy) is 1. The highest BCUT2D eigenvalue weighted by Gasteiger charge is 2.24. The summed E-state index contributed by atoms with van der Waals surface area (Å²) in [4.78, 5) is 14.5. The van der Waals surface area contributed by atoms with Crippen molar-refractivity contribution in [3.8, 4) is 11.5 Å². The lowest BCUT2D eigenvalue weighted by Gasteiger charge is -2.32. The van der Waals surface area contributed by atoms with Crippen LogP contribution in [-0.2, 0) is 0 Å². The van der Waals surface area contributed by atoms with Gasteiger partial charge in [0.1, 0.15) is 5.75 Å². The molecule has 0 radical (unpaired) electrons. The molecule has 1 saturated heterocycles. The summed E-state index contributed by atoms with van der Waals surface area (Å²) >= 11 is 5.83. The lowest BCUT2D eigenvalue weighted by Crippen LogP contribution is -2.39. The van der Waals surface area contributed by atoms with Gasteiger partial charge in [0.05, 0.1) is 0 Å². The summed E-state index contributed by atoms with van der Waals surface area (Å²) in [5.74, 6) is 0.535. The number of amides is 1. The van der Waals surface area contributed by atoms with Crippen LogP contribution in [-0.4, -0.2) is 37.5 Å². The number of hydrogen-bond donors (Lipinski definition) is 1. The molecule has 2 aromatic carbocycles. The minimum Gasteiger partial charge on any atom is -0.454 e. The van der Waals surface area contributed by atoms with E-state index in [0.717, 1.165) is 38.9 Å². The van der Waals surface area contributed by atoms with Crippen LogP contribution in [0.3, 0.4) is 0 Å². The zero-order valence-electron chi connectivity index (χ0n) is 15.8. The lowest BCUT2D eigenvalue weighted by atomic mass is 9.93. The molecule has 0 aliphatic carbocycles. The Kier molecular flexibility index (Phi) is 8.55. The molecule has 0 aromatic heterocycles. The third-order valence-electron chi connectivity index (χ3n) is 4.92. The van der Waals surface area contributed by atoms with E-state index < -0.39 is 5.82 Å². The van der Waals surface area contributed by atoms with Gasteiger partial charge in [-0.05, 0) is 81.2 Å². The molecular formula is C21H25Cl2FN2O2. The Morgan fingerprint density at radius 3 is 2.50 bits per heavy atom. The van der Waals surface area contributed by atoms with Gasteiger partial charge in [0.25, 0.3) is 5.91 Å². The largest absolute Gasteiger partial charge is 0.454 e. The Balaban J connectivity index is 0.00000280. The van der Waals surface area contributed by atoms with Crippen LogP contribution in [0.5, 0.6) is 11.5 Å². The number of likely N-dealkylation sites (tertiary alicyclic amines) is 1. The maximum absolute atomic E-state index is 14.4. The number of hydrogen-bond acceptors (Lipinski definition) is 3. The van der Waals surface area contributed by atoms with Crippen LogP contribution in [0, 0.1) is 11.7 Å². The van der Waals surface area contributed by atoms with Gasteiger partial charge >= 0.3 is 0 Å². The van der Waals surface area contributed by atoms with E-state index in [2.05, 4.69) is 5.32 Å². The second-order valence-corrected chi connectivity index (χ2v) is 7.27. The molecule has 152 valence electrons. The summed E-state index contributed by atoms with van der Waals surface area (Å²) in [5, 5.41) is 3.75. The summed E-state index contributed by atoms with van der Waals surface area (Å²) in [6.07, 6.45) is 3.12. The lowest BCUT2D eigenvalue weighted by molar-refractivity contribution is 0.0686. The van der Waals surface area contributed by atoms with E-state index in [4.69, 9.17) is 16.3 Å². The molecule has 0 spiro atoms. The Morgan fingerprint density at radius 1 is 1.21 bits per heavy atom. The molecular weight excluding hydrogens is 402 g/mol. The molecule has 1 heterocycles. The van der Waals surface area contributed by atoms with Gasteiger partial charge in [-0.25, -0.2) is 4.39 Å². The van der Waals surface area contributed by atoms with Gasteiger partial charge in [-0.3, -0.25) is 4.79 Å². The van der Waals surface area contributed by atoms with Crippen LogP contribution in [0.4, 0.5) is 4.39 Å². The third kappa shape index (κ3) is 5.84. The highest BCUT2D eigenvalue weighted by atomic mass is 35.5. The summed E-state index contributed by atoms with van der Waals surface area (Å²) in [6, 6.07) is 11.0. The fourth-order valence-electron chi connectivity index (χ4n) is 3.30. The summed E-state index contributed by atoms with van der Waals surface area (Å²) in [5.41, 5.74) is 0.352. The monoisotopic (exact) mass is 426 g/mol. The number of carbonyl (C=O) groups is 1. The number of carbonyl (C=O) groups excluding carboxylic acids is 1. The zero-order valence-corrected chi connectivity index (χ0v) is 17.4. The second kappa shape index (κ2) is 10.6. The van der Waals surface area contributed by atoms with Gasteiger partial charge in [-0.15, -0.1) is 12.4 Å². The first-order valence-corrected chi connectivity index (χ1v) is 9.61. The second-order valence-electron chi connectivity index (χ2n) is 6.83. The fourth-order valence-corrected chi connectivity index (χ4v) is 3.43. The Bertz CT molecular complexity index is 778. The van der Waals surface area contributed by atoms with E-state index in [1.165, 1.54) is 12.1 Å². The zero-order chi connectivity index (χ0) is 19.2. The van der Waals surface area contributed by atoms with Crippen molar-refractivity contribution in [3.63, 3.8) is 0 Å². The topological polar surface area (TPSA) is 41.6 Å². The van der Waals surface area contributed by atoms with Crippen LogP contribution in [0.15, 0.2) is 42.5 Å². The minimum absolute atomic E-state index is 0. The van der Waals surface area contributed by atoms with Crippen molar-refractivity contribution in [2.45, 2.75) is 19.3 Å². The standard InChI is InChI=1S/C21H24ClFN2O2.ClH/c1-24-11-8-15-9-12-25(13-10-15)21(26)16-2-7-20(19(23)14-16)27-18-5-3-17(22)4-6-18;/h2-7,14-15,24H,8-13H2,1H3;1H. The molecule has 0 bridgehead atoms. The number of rotatable bonds is 6. The average molecular weight is 427 g/mol. The van der Waals surface area contributed by atoms with E-state index >= 15 is 0 Å². The van der Waals surface area contributed by atoms with E-state index in [9.17, 15) is 9.18 Å². The molecule has 1 fully saturated rings. The molecule has 0 saturated carbocycles. The van der Waals surface area contributed by atoms with Gasteiger partial charge in [-0.2, -0.15) is 0 Å². The summed E-state index contributed by atoms with van der Waals surface area (Å²) < 4.78 is 19.9. The number of nitrogens with zero attached hydrogens (tertiary/aromatic N) is 1. The van der Waals surface area contributed by atoms with Crippen LogP contribution in [0.2, 0.25) is 5.02 Å². The smallest absolute Gasteiger partial charge is 0.253 e. The number of halogens is 3. The Hall–Kier alpha value is -1.82. The molecule has 2 aromatic rings. The van der Waals surface area contributed by atoms with E-state index in [0.29, 0.717) is 22.3 Å². The molecule has 1 N–H and O–H groups in total. The van der Waals surface area contributed by atoms with Crippen molar-refractivity contribution in [3.05, 3.63) is 58.9 Å². The van der Waals surface area contributed by atoms with Gasteiger partial charge in [0.15, 0.2) is 11.6 Å². The first-order chi connectivity index (χ1) is 13.1. The number of benzene rings is 2. The highest BCUT2D eigenvalue weighted by molar-refractivity contribution is 6.30. The maximum Gasteiger partial charge on any atom is 0.253 e. The van der Waals surface area contributed by atoms with Crippen LogP contribution < -0.4 is 10.1 Å². The molecule has 0 unspecified atom stereocenters. The van der Waals surface area contributed by atoms with Crippen LogP contribution in [0.25, 0.3) is 0 Å². The summed E-state index contributed by atoms with van der Waals surface area (Å²) in [7, 11) is 1.95.